The summed E-state index contributed by atoms with van der Waals surface area (Å²) in [5.74, 6) is -0.234. The molecule has 0 unspecified atom stereocenters. The molecule has 0 saturated carbocycles. The molecule has 1 aromatic heterocycles. The highest BCUT2D eigenvalue weighted by atomic mass is 16.1. The Balaban J connectivity index is 2.35. The maximum absolute atomic E-state index is 12.1. The molecule has 4 heteroatoms. The second kappa shape index (κ2) is 4.77. The molecule has 0 aliphatic rings. The van der Waals surface area contributed by atoms with Crippen molar-refractivity contribution >= 4 is 16.8 Å². The van der Waals surface area contributed by atoms with Crippen LogP contribution >= 0.6 is 0 Å². The van der Waals surface area contributed by atoms with Gasteiger partial charge in [-0.25, -0.2) is 0 Å². The van der Waals surface area contributed by atoms with Crippen LogP contribution in [-0.4, -0.2) is 17.4 Å². The van der Waals surface area contributed by atoms with Crippen LogP contribution in [0.3, 0.4) is 0 Å². The highest BCUT2D eigenvalue weighted by Crippen LogP contribution is 2.21. The number of aromatic nitrogens is 1. The Morgan fingerprint density at radius 1 is 1.37 bits per heavy atom. The molecule has 0 atom stereocenters. The fraction of sp³-hybridized carbons (Fsp3) is 0.333. The molecule has 0 spiro atoms. The van der Waals surface area contributed by atoms with Crippen LogP contribution in [0.1, 0.15) is 36.8 Å². The van der Waals surface area contributed by atoms with Crippen molar-refractivity contribution in [1.29, 1.82) is 5.26 Å². The number of fused-ring (bicyclic) bond motifs is 1. The zero-order chi connectivity index (χ0) is 14.0. The maximum Gasteiger partial charge on any atom is 0.269 e. The standard InChI is InChI=1S/C15H17N3O/c1-15(2,3)9-17-14(19)13-11(8-16)10-6-4-5-7-12(10)18-13/h4-7,18H,9H2,1-3H3,(H,17,19). The van der Waals surface area contributed by atoms with Gasteiger partial charge in [0.1, 0.15) is 11.8 Å². The van der Waals surface area contributed by atoms with E-state index in [1.54, 1.807) is 0 Å². The summed E-state index contributed by atoms with van der Waals surface area (Å²) in [6.07, 6.45) is 0. The van der Waals surface area contributed by atoms with Crippen LogP contribution < -0.4 is 5.32 Å². The third kappa shape index (κ3) is 2.76. The van der Waals surface area contributed by atoms with Crippen molar-refractivity contribution in [3.63, 3.8) is 0 Å². The van der Waals surface area contributed by atoms with Gasteiger partial charge in [0.15, 0.2) is 0 Å². The van der Waals surface area contributed by atoms with Crippen LogP contribution in [0.25, 0.3) is 10.9 Å². The maximum atomic E-state index is 12.1. The summed E-state index contributed by atoms with van der Waals surface area (Å²) in [7, 11) is 0. The number of hydrogen-bond acceptors (Lipinski definition) is 2. The monoisotopic (exact) mass is 255 g/mol. The zero-order valence-corrected chi connectivity index (χ0v) is 11.4. The van der Waals surface area contributed by atoms with Crippen molar-refractivity contribution in [2.45, 2.75) is 20.8 Å². The van der Waals surface area contributed by atoms with Gasteiger partial charge in [-0.05, 0) is 11.5 Å². The first-order valence-electron chi connectivity index (χ1n) is 6.21. The van der Waals surface area contributed by atoms with Gasteiger partial charge >= 0.3 is 0 Å². The summed E-state index contributed by atoms with van der Waals surface area (Å²) < 4.78 is 0. The first-order chi connectivity index (χ1) is 8.92. The highest BCUT2D eigenvalue weighted by molar-refractivity contribution is 6.02. The Bertz CT molecular complexity index is 656. The summed E-state index contributed by atoms with van der Waals surface area (Å²) in [5, 5.41) is 12.9. The van der Waals surface area contributed by atoms with E-state index in [-0.39, 0.29) is 11.3 Å². The number of aromatic amines is 1. The zero-order valence-electron chi connectivity index (χ0n) is 11.4. The van der Waals surface area contributed by atoms with Crippen LogP contribution in [0, 0.1) is 16.7 Å². The summed E-state index contributed by atoms with van der Waals surface area (Å²) in [6, 6.07) is 9.53. The lowest BCUT2D eigenvalue weighted by atomic mass is 9.97. The van der Waals surface area contributed by atoms with Gasteiger partial charge in [-0.15, -0.1) is 0 Å². The average Bonchev–Trinajstić information content (AvgIpc) is 2.73. The molecule has 0 fully saturated rings. The van der Waals surface area contributed by atoms with Crippen LogP contribution in [0.4, 0.5) is 0 Å². The molecule has 2 N–H and O–H groups in total. The molecule has 1 aromatic carbocycles. The molecule has 0 radical (unpaired) electrons. The average molecular weight is 255 g/mol. The number of amides is 1. The molecule has 0 aliphatic heterocycles. The van der Waals surface area contributed by atoms with Crippen LogP contribution in [-0.2, 0) is 0 Å². The molecule has 0 aliphatic carbocycles. The normalized spacial score (nSPS) is 11.3. The number of hydrogen-bond donors (Lipinski definition) is 2. The van der Waals surface area contributed by atoms with Crippen molar-refractivity contribution in [1.82, 2.24) is 10.3 Å². The number of carbonyl (C=O) groups excluding carboxylic acids is 1. The smallest absolute Gasteiger partial charge is 0.269 e. The Morgan fingerprint density at radius 2 is 2.05 bits per heavy atom. The van der Waals surface area contributed by atoms with Crippen molar-refractivity contribution in [2.24, 2.45) is 5.41 Å². The minimum atomic E-state index is -0.234. The number of rotatable bonds is 2. The lowest BCUT2D eigenvalue weighted by Gasteiger charge is -2.18. The first kappa shape index (κ1) is 13.2. The van der Waals surface area contributed by atoms with Crippen LogP contribution in [0.5, 0.6) is 0 Å². The predicted molar refractivity (Wildman–Crippen MR) is 74.8 cm³/mol. The summed E-state index contributed by atoms with van der Waals surface area (Å²) in [6.45, 7) is 6.70. The van der Waals surface area contributed by atoms with E-state index >= 15 is 0 Å². The number of nitrogens with zero attached hydrogens (tertiary/aromatic N) is 1. The van der Waals surface area contributed by atoms with Gasteiger partial charge in [-0.2, -0.15) is 5.26 Å². The SMILES string of the molecule is CC(C)(C)CNC(=O)c1[nH]c2ccccc2c1C#N. The Kier molecular flexibility index (Phi) is 3.30. The molecule has 2 aromatic rings. The van der Waals surface area contributed by atoms with E-state index in [1.165, 1.54) is 0 Å². The van der Waals surface area contributed by atoms with Gasteiger partial charge in [0, 0.05) is 17.4 Å². The largest absolute Gasteiger partial charge is 0.350 e. The molecule has 2 rings (SSSR count). The third-order valence-corrected chi connectivity index (χ3v) is 2.82. The summed E-state index contributed by atoms with van der Waals surface area (Å²) in [5.41, 5.74) is 1.56. The van der Waals surface area contributed by atoms with E-state index in [9.17, 15) is 10.1 Å². The molecular formula is C15H17N3O. The fourth-order valence-electron chi connectivity index (χ4n) is 1.86. The van der Waals surface area contributed by atoms with Crippen molar-refractivity contribution in [2.75, 3.05) is 6.54 Å². The molecule has 1 amide bonds. The second-order valence-corrected chi connectivity index (χ2v) is 5.78. The summed E-state index contributed by atoms with van der Waals surface area (Å²) >= 11 is 0. The Hall–Kier alpha value is -2.28. The minimum absolute atomic E-state index is 0.00841. The van der Waals surface area contributed by atoms with Crippen molar-refractivity contribution in [3.8, 4) is 6.07 Å². The quantitative estimate of drug-likeness (QED) is 0.866. The van der Waals surface area contributed by atoms with Gasteiger partial charge in [0.2, 0.25) is 0 Å². The summed E-state index contributed by atoms with van der Waals surface area (Å²) in [4.78, 5) is 15.2. The highest BCUT2D eigenvalue weighted by Gasteiger charge is 2.19. The number of carbonyl (C=O) groups is 1. The van der Waals surface area contributed by atoms with E-state index in [4.69, 9.17) is 0 Å². The lowest BCUT2D eigenvalue weighted by molar-refractivity contribution is 0.0935. The first-order valence-corrected chi connectivity index (χ1v) is 6.21. The number of nitriles is 1. The Morgan fingerprint density at radius 3 is 2.68 bits per heavy atom. The van der Waals surface area contributed by atoms with Gasteiger partial charge in [-0.1, -0.05) is 39.0 Å². The van der Waals surface area contributed by atoms with E-state index in [0.29, 0.717) is 17.8 Å². The number of para-hydroxylation sites is 1. The number of H-pyrrole nitrogens is 1. The van der Waals surface area contributed by atoms with Crippen molar-refractivity contribution in [3.05, 3.63) is 35.5 Å². The molecule has 4 nitrogen and oxygen atoms in total. The number of benzene rings is 1. The van der Waals surface area contributed by atoms with E-state index < -0.39 is 0 Å². The number of nitrogens with one attached hydrogen (secondary N) is 2. The molecule has 19 heavy (non-hydrogen) atoms. The topological polar surface area (TPSA) is 68.7 Å². The fourth-order valence-corrected chi connectivity index (χ4v) is 1.86. The van der Waals surface area contributed by atoms with E-state index in [1.807, 2.05) is 45.0 Å². The van der Waals surface area contributed by atoms with Gasteiger partial charge in [0.05, 0.1) is 5.56 Å². The second-order valence-electron chi connectivity index (χ2n) is 5.78. The molecule has 0 bridgehead atoms. The van der Waals surface area contributed by atoms with Gasteiger partial charge < -0.3 is 10.3 Å². The third-order valence-electron chi connectivity index (χ3n) is 2.82. The van der Waals surface area contributed by atoms with Crippen molar-refractivity contribution < 1.29 is 4.79 Å². The van der Waals surface area contributed by atoms with Gasteiger partial charge in [0.25, 0.3) is 5.91 Å². The minimum Gasteiger partial charge on any atom is -0.350 e. The molecule has 98 valence electrons. The van der Waals surface area contributed by atoms with Crippen LogP contribution in [0.2, 0.25) is 0 Å². The van der Waals surface area contributed by atoms with E-state index in [2.05, 4.69) is 16.4 Å². The van der Waals surface area contributed by atoms with Crippen LogP contribution in [0.15, 0.2) is 24.3 Å². The molecule has 1 heterocycles. The molecular weight excluding hydrogens is 238 g/mol. The molecule has 0 saturated heterocycles. The van der Waals surface area contributed by atoms with E-state index in [0.717, 1.165) is 10.9 Å². The Labute approximate surface area is 112 Å². The van der Waals surface area contributed by atoms with Gasteiger partial charge in [-0.3, -0.25) is 4.79 Å². The predicted octanol–water partition coefficient (Wildman–Crippen LogP) is 2.82. The lowest BCUT2D eigenvalue weighted by Crippen LogP contribution is -2.32.